The molecule has 1 heterocycles. The van der Waals surface area contributed by atoms with E-state index in [1.807, 2.05) is 0 Å². The van der Waals surface area contributed by atoms with Crippen molar-refractivity contribution in [1.82, 2.24) is 0 Å². The molecule has 1 aliphatic rings. The molecule has 1 aliphatic heterocycles. The van der Waals surface area contributed by atoms with Gasteiger partial charge in [0.1, 0.15) is 0 Å². The van der Waals surface area contributed by atoms with Crippen molar-refractivity contribution >= 4 is 5.84 Å². The monoisotopic (exact) mass is 126 g/mol. The first-order valence-corrected chi connectivity index (χ1v) is 3.56. The van der Waals surface area contributed by atoms with Crippen LogP contribution in [0.2, 0.25) is 0 Å². The molecule has 0 aromatic carbocycles. The molecule has 52 valence electrons. The fourth-order valence-electron chi connectivity index (χ4n) is 1.34. The maximum Gasteiger partial charge on any atom is 0.0944 e. The molecule has 0 aliphatic carbocycles. The molecule has 2 N–H and O–H groups in total. The van der Waals surface area contributed by atoms with Crippen LogP contribution in [0.4, 0.5) is 0 Å². The van der Waals surface area contributed by atoms with E-state index in [0.717, 1.165) is 12.3 Å². The normalized spacial score (nSPS) is 34.7. The summed E-state index contributed by atoms with van der Waals surface area (Å²) < 4.78 is 0. The second kappa shape index (κ2) is 2.38. The highest BCUT2D eigenvalue weighted by Crippen LogP contribution is 2.21. The summed E-state index contributed by atoms with van der Waals surface area (Å²) in [5, 5.41) is 0. The summed E-state index contributed by atoms with van der Waals surface area (Å²) in [6.45, 7) is 4.32. The third kappa shape index (κ3) is 1.23. The Balaban J connectivity index is 2.49. The standard InChI is InChI=1S/C7H14N2/c1-3-6-4-7(8)9-5(6)2/h5-6H,3-4H2,1-2H3,(H2,8,9). The zero-order valence-electron chi connectivity index (χ0n) is 6.09. The van der Waals surface area contributed by atoms with E-state index >= 15 is 0 Å². The summed E-state index contributed by atoms with van der Waals surface area (Å²) in [7, 11) is 0. The maximum absolute atomic E-state index is 5.54. The Bertz CT molecular complexity index is 129. The largest absolute Gasteiger partial charge is 0.387 e. The Hall–Kier alpha value is -0.530. The lowest BCUT2D eigenvalue weighted by molar-refractivity contribution is 0.476. The third-order valence-corrected chi connectivity index (χ3v) is 2.05. The van der Waals surface area contributed by atoms with Crippen molar-refractivity contribution in [3.63, 3.8) is 0 Å². The minimum absolute atomic E-state index is 0.468. The van der Waals surface area contributed by atoms with Gasteiger partial charge in [0.05, 0.1) is 11.9 Å². The van der Waals surface area contributed by atoms with E-state index in [9.17, 15) is 0 Å². The Morgan fingerprint density at radius 1 is 1.78 bits per heavy atom. The Morgan fingerprint density at radius 2 is 2.44 bits per heavy atom. The molecule has 0 amide bonds. The third-order valence-electron chi connectivity index (χ3n) is 2.05. The van der Waals surface area contributed by atoms with Crippen LogP contribution in [0.1, 0.15) is 26.7 Å². The zero-order chi connectivity index (χ0) is 6.85. The van der Waals surface area contributed by atoms with Gasteiger partial charge in [-0.25, -0.2) is 0 Å². The molecule has 0 aromatic heterocycles. The first-order valence-electron chi connectivity index (χ1n) is 3.56. The molecule has 2 heteroatoms. The molecule has 0 bridgehead atoms. The lowest BCUT2D eigenvalue weighted by Crippen LogP contribution is -2.11. The van der Waals surface area contributed by atoms with Crippen LogP contribution in [-0.2, 0) is 0 Å². The van der Waals surface area contributed by atoms with Gasteiger partial charge in [-0.05, 0) is 12.8 Å². The minimum Gasteiger partial charge on any atom is -0.387 e. The molecule has 2 unspecified atom stereocenters. The van der Waals surface area contributed by atoms with Gasteiger partial charge in [-0.3, -0.25) is 4.99 Å². The summed E-state index contributed by atoms with van der Waals surface area (Å²) in [6.07, 6.45) is 2.21. The van der Waals surface area contributed by atoms with E-state index in [4.69, 9.17) is 5.73 Å². The molecule has 0 saturated carbocycles. The van der Waals surface area contributed by atoms with Crippen molar-refractivity contribution in [3.05, 3.63) is 0 Å². The number of hydrogen-bond donors (Lipinski definition) is 1. The fraction of sp³-hybridized carbons (Fsp3) is 0.857. The van der Waals surface area contributed by atoms with Crippen LogP contribution >= 0.6 is 0 Å². The minimum atomic E-state index is 0.468. The molecule has 0 spiro atoms. The predicted octanol–water partition coefficient (Wildman–Crippen LogP) is 1.16. The highest BCUT2D eigenvalue weighted by atomic mass is 14.9. The van der Waals surface area contributed by atoms with Crippen molar-refractivity contribution in [2.24, 2.45) is 16.6 Å². The van der Waals surface area contributed by atoms with Gasteiger partial charge < -0.3 is 5.73 Å². The molecule has 0 radical (unpaired) electrons. The smallest absolute Gasteiger partial charge is 0.0944 e. The van der Waals surface area contributed by atoms with Crippen molar-refractivity contribution < 1.29 is 0 Å². The average Bonchev–Trinajstić information content (AvgIpc) is 2.10. The van der Waals surface area contributed by atoms with Crippen LogP contribution in [0.25, 0.3) is 0 Å². The Morgan fingerprint density at radius 3 is 2.67 bits per heavy atom. The second-order valence-corrected chi connectivity index (χ2v) is 2.73. The van der Waals surface area contributed by atoms with Crippen LogP contribution in [-0.4, -0.2) is 11.9 Å². The topological polar surface area (TPSA) is 38.4 Å². The number of amidine groups is 1. The first kappa shape index (κ1) is 6.59. The van der Waals surface area contributed by atoms with E-state index in [0.29, 0.717) is 12.0 Å². The Labute approximate surface area is 56.2 Å². The summed E-state index contributed by atoms with van der Waals surface area (Å²) in [5.41, 5.74) is 5.54. The van der Waals surface area contributed by atoms with E-state index in [1.165, 1.54) is 6.42 Å². The Kier molecular flexibility index (Phi) is 1.74. The fourth-order valence-corrected chi connectivity index (χ4v) is 1.34. The SMILES string of the molecule is CCC1CC(N)=NC1C. The van der Waals surface area contributed by atoms with E-state index in [1.54, 1.807) is 0 Å². The summed E-state index contributed by atoms with van der Waals surface area (Å²) in [6, 6.07) is 0.468. The van der Waals surface area contributed by atoms with E-state index in [2.05, 4.69) is 18.8 Å². The lowest BCUT2D eigenvalue weighted by Gasteiger charge is -2.08. The number of rotatable bonds is 1. The molecule has 2 atom stereocenters. The number of aliphatic imine (C=N–C) groups is 1. The molecule has 0 saturated heterocycles. The molecule has 0 aromatic rings. The van der Waals surface area contributed by atoms with Crippen molar-refractivity contribution in [1.29, 1.82) is 0 Å². The number of nitrogens with two attached hydrogens (primary N) is 1. The van der Waals surface area contributed by atoms with Gasteiger partial charge in [0.15, 0.2) is 0 Å². The first-order chi connectivity index (χ1) is 4.24. The average molecular weight is 126 g/mol. The number of hydrogen-bond acceptors (Lipinski definition) is 2. The van der Waals surface area contributed by atoms with Crippen molar-refractivity contribution in [2.45, 2.75) is 32.7 Å². The quantitative estimate of drug-likeness (QED) is 0.562. The number of nitrogens with zero attached hydrogens (tertiary/aromatic N) is 1. The van der Waals surface area contributed by atoms with Crippen LogP contribution < -0.4 is 5.73 Å². The highest BCUT2D eigenvalue weighted by molar-refractivity contribution is 5.82. The van der Waals surface area contributed by atoms with Gasteiger partial charge in [0.25, 0.3) is 0 Å². The van der Waals surface area contributed by atoms with Crippen molar-refractivity contribution in [2.75, 3.05) is 0 Å². The highest BCUT2D eigenvalue weighted by Gasteiger charge is 2.21. The molecular formula is C7H14N2. The molecule has 1 rings (SSSR count). The lowest BCUT2D eigenvalue weighted by atomic mass is 9.98. The van der Waals surface area contributed by atoms with Gasteiger partial charge in [-0.1, -0.05) is 13.3 Å². The molecule has 9 heavy (non-hydrogen) atoms. The maximum atomic E-state index is 5.54. The van der Waals surface area contributed by atoms with Crippen LogP contribution in [0.15, 0.2) is 4.99 Å². The molecule has 2 nitrogen and oxygen atoms in total. The zero-order valence-corrected chi connectivity index (χ0v) is 6.09. The second-order valence-electron chi connectivity index (χ2n) is 2.73. The summed E-state index contributed by atoms with van der Waals surface area (Å²) in [5.74, 6) is 1.55. The van der Waals surface area contributed by atoms with Crippen LogP contribution in [0.5, 0.6) is 0 Å². The van der Waals surface area contributed by atoms with E-state index in [-0.39, 0.29) is 0 Å². The summed E-state index contributed by atoms with van der Waals surface area (Å²) in [4.78, 5) is 4.24. The molecule has 0 fully saturated rings. The summed E-state index contributed by atoms with van der Waals surface area (Å²) >= 11 is 0. The van der Waals surface area contributed by atoms with Gasteiger partial charge in [0.2, 0.25) is 0 Å². The van der Waals surface area contributed by atoms with Crippen molar-refractivity contribution in [3.8, 4) is 0 Å². The molecular weight excluding hydrogens is 112 g/mol. The van der Waals surface area contributed by atoms with Crippen LogP contribution in [0.3, 0.4) is 0 Å². The predicted molar refractivity (Wildman–Crippen MR) is 39.5 cm³/mol. The van der Waals surface area contributed by atoms with Gasteiger partial charge in [0, 0.05) is 6.42 Å². The van der Waals surface area contributed by atoms with Gasteiger partial charge >= 0.3 is 0 Å². The van der Waals surface area contributed by atoms with Crippen LogP contribution in [0, 0.1) is 5.92 Å². The van der Waals surface area contributed by atoms with Gasteiger partial charge in [-0.15, -0.1) is 0 Å². The van der Waals surface area contributed by atoms with Gasteiger partial charge in [-0.2, -0.15) is 0 Å². The van der Waals surface area contributed by atoms with E-state index < -0.39 is 0 Å².